The van der Waals surface area contributed by atoms with E-state index in [0.717, 1.165) is 24.8 Å². The summed E-state index contributed by atoms with van der Waals surface area (Å²) in [5, 5.41) is 13.9. The van der Waals surface area contributed by atoms with Crippen LogP contribution in [0.4, 0.5) is 0 Å². The van der Waals surface area contributed by atoms with Crippen LogP contribution in [0.1, 0.15) is 46.5 Å². The van der Waals surface area contributed by atoms with Gasteiger partial charge in [0.15, 0.2) is 5.60 Å². The van der Waals surface area contributed by atoms with Gasteiger partial charge in [0.1, 0.15) is 0 Å². The Balaban J connectivity index is 1.98. The first-order valence-electron chi connectivity index (χ1n) is 8.25. The van der Waals surface area contributed by atoms with Crippen LogP contribution in [0.25, 0.3) is 0 Å². The first-order chi connectivity index (χ1) is 10.8. The molecule has 23 heavy (non-hydrogen) atoms. The zero-order chi connectivity index (χ0) is 17.0. The van der Waals surface area contributed by atoms with E-state index in [1.165, 1.54) is 5.57 Å². The van der Waals surface area contributed by atoms with Gasteiger partial charge in [0, 0.05) is 11.8 Å². The highest BCUT2D eigenvalue weighted by Crippen LogP contribution is 2.54. The number of aliphatic hydroxyl groups is 1. The van der Waals surface area contributed by atoms with E-state index in [-0.39, 0.29) is 11.8 Å². The molecule has 3 rings (SSSR count). The fourth-order valence-electron chi connectivity index (χ4n) is 4.58. The molecule has 2 N–H and O–H groups in total. The molecule has 0 spiro atoms. The summed E-state index contributed by atoms with van der Waals surface area (Å²) in [6.07, 6.45) is 2.25. The van der Waals surface area contributed by atoms with Crippen LogP contribution in [-0.2, 0) is 14.3 Å². The number of halogens is 1. The van der Waals surface area contributed by atoms with Gasteiger partial charge in [-0.2, -0.15) is 0 Å². The van der Waals surface area contributed by atoms with Gasteiger partial charge < -0.3 is 15.2 Å². The maximum Gasteiger partial charge on any atom is 0.339 e. The molecular formula is C17H24ClNO4. The molecule has 6 heteroatoms. The van der Waals surface area contributed by atoms with Crippen molar-refractivity contribution in [2.75, 3.05) is 5.88 Å². The van der Waals surface area contributed by atoms with Crippen molar-refractivity contribution in [2.24, 2.45) is 11.8 Å². The number of allylic oxidation sites excluding steroid dienone is 1. The van der Waals surface area contributed by atoms with Crippen molar-refractivity contribution in [3.8, 4) is 0 Å². The molecule has 2 aliphatic heterocycles. The van der Waals surface area contributed by atoms with Gasteiger partial charge in [0.25, 0.3) is 0 Å². The smallest absolute Gasteiger partial charge is 0.339 e. The summed E-state index contributed by atoms with van der Waals surface area (Å²) in [4.78, 5) is 24.7. The summed E-state index contributed by atoms with van der Waals surface area (Å²) in [7, 11) is 0. The molecule has 0 aromatic rings. The maximum absolute atomic E-state index is 12.4. The lowest BCUT2D eigenvalue weighted by atomic mass is 9.63. The number of carbonyl (C=O) groups excluding carboxylic acids is 2. The van der Waals surface area contributed by atoms with Crippen molar-refractivity contribution >= 4 is 23.5 Å². The third-order valence-corrected chi connectivity index (χ3v) is 6.45. The number of rotatable bonds is 4. The fourth-order valence-corrected chi connectivity index (χ4v) is 4.80. The molecule has 3 unspecified atom stereocenters. The van der Waals surface area contributed by atoms with E-state index in [9.17, 15) is 14.7 Å². The van der Waals surface area contributed by atoms with Crippen LogP contribution in [0.15, 0.2) is 11.1 Å². The van der Waals surface area contributed by atoms with E-state index >= 15 is 0 Å². The van der Waals surface area contributed by atoms with E-state index in [0.29, 0.717) is 12.3 Å². The van der Waals surface area contributed by atoms with E-state index in [2.05, 4.69) is 12.2 Å². The predicted molar refractivity (Wildman–Crippen MR) is 85.9 cm³/mol. The number of hydrogen-bond acceptors (Lipinski definition) is 4. The molecule has 1 amide bonds. The first kappa shape index (κ1) is 16.8. The molecule has 5 atom stereocenters. The third-order valence-electron chi connectivity index (χ3n) is 6.23. The quantitative estimate of drug-likeness (QED) is 0.465. The van der Waals surface area contributed by atoms with Crippen LogP contribution in [0.5, 0.6) is 0 Å². The molecule has 2 saturated heterocycles. The van der Waals surface area contributed by atoms with Gasteiger partial charge in [-0.1, -0.05) is 11.1 Å². The average Bonchev–Trinajstić information content (AvgIpc) is 2.67. The summed E-state index contributed by atoms with van der Waals surface area (Å²) in [5.41, 5.74) is 0.00814. The molecule has 2 heterocycles. The number of fused-ring (bicyclic) bond motifs is 1. The Morgan fingerprint density at radius 1 is 1.43 bits per heavy atom. The fraction of sp³-hybridized carbons (Fsp3) is 0.765. The van der Waals surface area contributed by atoms with Crippen LogP contribution < -0.4 is 5.32 Å². The summed E-state index contributed by atoms with van der Waals surface area (Å²) < 4.78 is 5.41. The average molecular weight is 342 g/mol. The van der Waals surface area contributed by atoms with Crippen molar-refractivity contribution in [3.63, 3.8) is 0 Å². The lowest BCUT2D eigenvalue weighted by Crippen LogP contribution is -2.80. The van der Waals surface area contributed by atoms with Gasteiger partial charge >= 0.3 is 5.97 Å². The number of alkyl halides is 1. The molecule has 128 valence electrons. The summed E-state index contributed by atoms with van der Waals surface area (Å²) in [5.74, 6) is -1.13. The first-order valence-corrected chi connectivity index (χ1v) is 8.78. The Morgan fingerprint density at radius 3 is 2.74 bits per heavy atom. The van der Waals surface area contributed by atoms with Crippen LogP contribution >= 0.6 is 11.6 Å². The highest BCUT2D eigenvalue weighted by molar-refractivity contribution is 6.18. The molecular weight excluding hydrogens is 318 g/mol. The lowest BCUT2D eigenvalue weighted by Gasteiger charge is -2.55. The van der Waals surface area contributed by atoms with E-state index in [1.54, 1.807) is 6.92 Å². The van der Waals surface area contributed by atoms with Crippen molar-refractivity contribution < 1.29 is 19.4 Å². The largest absolute Gasteiger partial charge is 0.453 e. The zero-order valence-corrected chi connectivity index (χ0v) is 14.6. The van der Waals surface area contributed by atoms with Gasteiger partial charge in [0.05, 0.1) is 12.0 Å². The number of ether oxygens (including phenoxy) is 1. The molecule has 0 saturated carbocycles. The Morgan fingerprint density at radius 2 is 2.13 bits per heavy atom. The number of nitrogens with one attached hydrogen (secondary N) is 1. The second-order valence-corrected chi connectivity index (χ2v) is 7.61. The van der Waals surface area contributed by atoms with E-state index in [1.807, 2.05) is 6.92 Å². The Labute approximate surface area is 141 Å². The number of amides is 1. The van der Waals surface area contributed by atoms with Crippen LogP contribution in [-0.4, -0.2) is 40.1 Å². The highest BCUT2D eigenvalue weighted by atomic mass is 35.5. The number of hydrogen-bond donors (Lipinski definition) is 2. The summed E-state index contributed by atoms with van der Waals surface area (Å²) in [6, 6.07) is 0. The van der Waals surface area contributed by atoms with Gasteiger partial charge in [-0.15, -0.1) is 11.6 Å². The van der Waals surface area contributed by atoms with Gasteiger partial charge in [0.2, 0.25) is 11.4 Å². The van der Waals surface area contributed by atoms with Crippen molar-refractivity contribution in [2.45, 2.75) is 63.7 Å². The monoisotopic (exact) mass is 341 g/mol. The van der Waals surface area contributed by atoms with Crippen LogP contribution in [0, 0.1) is 11.8 Å². The van der Waals surface area contributed by atoms with E-state index < -0.39 is 29.1 Å². The van der Waals surface area contributed by atoms with Gasteiger partial charge in [-0.05, 0) is 46.5 Å². The van der Waals surface area contributed by atoms with Crippen molar-refractivity contribution in [3.05, 3.63) is 11.1 Å². The zero-order valence-electron chi connectivity index (χ0n) is 13.8. The molecule has 0 aromatic carbocycles. The Hall–Kier alpha value is -1.07. The lowest BCUT2D eigenvalue weighted by molar-refractivity contribution is -0.238. The van der Waals surface area contributed by atoms with Crippen LogP contribution in [0.2, 0.25) is 0 Å². The third kappa shape index (κ3) is 2.02. The molecule has 0 aromatic heterocycles. The maximum atomic E-state index is 12.4. The molecule has 0 bridgehead atoms. The summed E-state index contributed by atoms with van der Waals surface area (Å²) in [6.45, 7) is 5.81. The SMILES string of the molecule is CC1=C(C)C([C@H](O)C23NC(=O)[C@H](CCCl)C2(C)OC3=O)CCC1. The van der Waals surface area contributed by atoms with Crippen molar-refractivity contribution in [1.82, 2.24) is 5.32 Å². The molecule has 0 radical (unpaired) electrons. The number of esters is 1. The van der Waals surface area contributed by atoms with Crippen LogP contribution in [0.3, 0.4) is 0 Å². The molecule has 5 nitrogen and oxygen atoms in total. The minimum Gasteiger partial charge on any atom is -0.453 e. The number of carbonyl (C=O) groups is 2. The van der Waals surface area contributed by atoms with Crippen molar-refractivity contribution in [1.29, 1.82) is 0 Å². The second-order valence-electron chi connectivity index (χ2n) is 7.23. The van der Waals surface area contributed by atoms with Gasteiger partial charge in [-0.3, -0.25) is 4.79 Å². The number of aliphatic hydroxyl groups excluding tert-OH is 1. The summed E-state index contributed by atoms with van der Waals surface area (Å²) >= 11 is 5.81. The molecule has 3 aliphatic rings. The highest BCUT2D eigenvalue weighted by Gasteiger charge is 2.79. The second kappa shape index (κ2) is 5.49. The topological polar surface area (TPSA) is 75.6 Å². The minimum atomic E-state index is -1.34. The standard InChI is InChI=1S/C17H24ClNO4/c1-9-5-4-6-11(10(9)2)13(20)17-15(22)23-16(17,3)12(7-8-18)14(21)19-17/h11-13,20H,4-8H2,1-3H3,(H,19,21)/t11?,12-,13-,16?,17?/m0/s1. The normalized spacial score (nSPS) is 41.1. The Kier molecular flexibility index (Phi) is 4.00. The van der Waals surface area contributed by atoms with E-state index in [4.69, 9.17) is 16.3 Å². The molecule has 2 fully saturated rings. The Bertz CT molecular complexity index is 589. The predicted octanol–water partition coefficient (Wildman–Crippen LogP) is 1.91. The van der Waals surface area contributed by atoms with Gasteiger partial charge in [-0.25, -0.2) is 4.79 Å². The molecule has 1 aliphatic carbocycles. The minimum absolute atomic E-state index is 0.133.